The van der Waals surface area contributed by atoms with Gasteiger partial charge in [-0.1, -0.05) is 25.4 Å². The highest BCUT2D eigenvalue weighted by atomic mass is 35.5. The number of esters is 2. The first-order chi connectivity index (χ1) is 18.2. The van der Waals surface area contributed by atoms with Crippen molar-refractivity contribution in [2.45, 2.75) is 39.3 Å². The molecule has 1 atom stereocenters. The molecule has 10 nitrogen and oxygen atoms in total. The fourth-order valence-corrected chi connectivity index (χ4v) is 4.05. The molecule has 2 aromatic carbocycles. The van der Waals surface area contributed by atoms with Gasteiger partial charge in [-0.2, -0.15) is 5.10 Å². The number of nitrogens with zero attached hydrogens (tertiary/aromatic N) is 2. The average Bonchev–Trinajstić information content (AvgIpc) is 3.33. The van der Waals surface area contributed by atoms with Crippen molar-refractivity contribution in [3.63, 3.8) is 0 Å². The standard InChI is InChI=1S/C27H33ClN2O8/c1-16(2)15-37-26(32)17-10-21(28)20-14-30(29-22(20)11-17)8-6-19(7-9-31)38-27(33)18-12-23(34-3)25(36-5)24(13-18)35-4/h10-14,16,19,31H,6-9,15H2,1-5H3. The van der Waals surface area contributed by atoms with Gasteiger partial charge in [0.1, 0.15) is 6.10 Å². The number of aliphatic hydroxyl groups is 1. The van der Waals surface area contributed by atoms with E-state index in [9.17, 15) is 14.7 Å². The number of hydrogen-bond acceptors (Lipinski definition) is 9. The van der Waals surface area contributed by atoms with Crippen LogP contribution in [0.15, 0.2) is 30.5 Å². The summed E-state index contributed by atoms with van der Waals surface area (Å²) in [5.74, 6) is 0.168. The summed E-state index contributed by atoms with van der Waals surface area (Å²) >= 11 is 6.41. The smallest absolute Gasteiger partial charge is 0.338 e. The third-order valence-electron chi connectivity index (χ3n) is 5.71. The molecule has 0 spiro atoms. The van der Waals surface area contributed by atoms with Crippen LogP contribution in [0.25, 0.3) is 10.9 Å². The molecule has 1 aromatic heterocycles. The second kappa shape index (κ2) is 13.3. The molecule has 0 aliphatic heterocycles. The van der Waals surface area contributed by atoms with Gasteiger partial charge in [0.15, 0.2) is 11.5 Å². The normalized spacial score (nSPS) is 11.9. The van der Waals surface area contributed by atoms with Crippen molar-refractivity contribution >= 4 is 34.4 Å². The molecule has 0 fully saturated rings. The van der Waals surface area contributed by atoms with Gasteiger partial charge in [-0.25, -0.2) is 9.59 Å². The van der Waals surface area contributed by atoms with Crippen LogP contribution in [-0.2, 0) is 16.0 Å². The summed E-state index contributed by atoms with van der Waals surface area (Å²) in [6.07, 6.45) is 1.79. The maximum Gasteiger partial charge on any atom is 0.338 e. The fraction of sp³-hybridized carbons (Fsp3) is 0.444. The first kappa shape index (κ1) is 29.1. The maximum atomic E-state index is 12.9. The lowest BCUT2D eigenvalue weighted by Gasteiger charge is -2.18. The van der Waals surface area contributed by atoms with Crippen LogP contribution in [0.3, 0.4) is 0 Å². The van der Waals surface area contributed by atoms with Crippen molar-refractivity contribution in [1.82, 2.24) is 9.78 Å². The van der Waals surface area contributed by atoms with Crippen molar-refractivity contribution in [2.75, 3.05) is 34.5 Å². The summed E-state index contributed by atoms with van der Waals surface area (Å²) in [6.45, 7) is 4.44. The Labute approximate surface area is 226 Å². The third kappa shape index (κ3) is 7.08. The largest absolute Gasteiger partial charge is 0.493 e. The average molecular weight is 549 g/mol. The van der Waals surface area contributed by atoms with Gasteiger partial charge in [0.05, 0.1) is 49.6 Å². The Hall–Kier alpha value is -3.50. The van der Waals surface area contributed by atoms with Crippen molar-refractivity contribution < 1.29 is 38.4 Å². The lowest BCUT2D eigenvalue weighted by molar-refractivity contribution is 0.0206. The zero-order valence-electron chi connectivity index (χ0n) is 22.2. The number of aromatic nitrogens is 2. The summed E-state index contributed by atoms with van der Waals surface area (Å²) < 4.78 is 28.6. The molecule has 3 aromatic rings. The number of aliphatic hydroxyl groups excluding tert-OH is 1. The van der Waals surface area contributed by atoms with E-state index < -0.39 is 18.0 Å². The molecule has 38 heavy (non-hydrogen) atoms. The lowest BCUT2D eigenvalue weighted by atomic mass is 10.1. The molecule has 0 aliphatic carbocycles. The van der Waals surface area contributed by atoms with Crippen LogP contribution in [0.1, 0.15) is 47.4 Å². The van der Waals surface area contributed by atoms with E-state index in [1.165, 1.54) is 33.5 Å². The van der Waals surface area contributed by atoms with Gasteiger partial charge < -0.3 is 28.8 Å². The van der Waals surface area contributed by atoms with Gasteiger partial charge in [0, 0.05) is 37.6 Å². The predicted octanol–water partition coefficient (Wildman–Crippen LogP) is 4.53. The Morgan fingerprint density at radius 2 is 1.63 bits per heavy atom. The number of ether oxygens (including phenoxy) is 5. The Balaban J connectivity index is 1.73. The highest BCUT2D eigenvalue weighted by Crippen LogP contribution is 2.38. The van der Waals surface area contributed by atoms with Gasteiger partial charge >= 0.3 is 11.9 Å². The van der Waals surface area contributed by atoms with Crippen LogP contribution in [0.2, 0.25) is 5.02 Å². The van der Waals surface area contributed by atoms with E-state index in [4.69, 9.17) is 35.3 Å². The molecule has 1 N–H and O–H groups in total. The molecular formula is C27H33ClN2O8. The highest BCUT2D eigenvalue weighted by Gasteiger charge is 2.21. The lowest BCUT2D eigenvalue weighted by Crippen LogP contribution is -2.22. The van der Waals surface area contributed by atoms with E-state index in [0.717, 1.165) is 0 Å². The van der Waals surface area contributed by atoms with Crippen LogP contribution >= 0.6 is 11.6 Å². The summed E-state index contributed by atoms with van der Waals surface area (Å²) in [7, 11) is 4.39. The Kier molecular flexibility index (Phi) is 10.2. The van der Waals surface area contributed by atoms with Gasteiger partial charge in [0.25, 0.3) is 0 Å². The highest BCUT2D eigenvalue weighted by molar-refractivity contribution is 6.35. The van der Waals surface area contributed by atoms with E-state index in [1.807, 2.05) is 13.8 Å². The fourth-order valence-electron chi connectivity index (χ4n) is 3.79. The van der Waals surface area contributed by atoms with E-state index >= 15 is 0 Å². The molecule has 1 unspecified atom stereocenters. The van der Waals surface area contributed by atoms with E-state index in [0.29, 0.717) is 58.3 Å². The van der Waals surface area contributed by atoms with Crippen LogP contribution in [0, 0.1) is 5.92 Å². The zero-order chi connectivity index (χ0) is 27.8. The first-order valence-electron chi connectivity index (χ1n) is 12.2. The van der Waals surface area contributed by atoms with Crippen molar-refractivity contribution in [3.05, 3.63) is 46.6 Å². The summed E-state index contributed by atoms with van der Waals surface area (Å²) in [4.78, 5) is 25.3. The molecule has 0 amide bonds. The number of benzene rings is 2. The Morgan fingerprint density at radius 3 is 2.21 bits per heavy atom. The number of carbonyl (C=O) groups is 2. The first-order valence-corrected chi connectivity index (χ1v) is 12.5. The Bertz CT molecular complexity index is 1250. The van der Waals surface area contributed by atoms with Crippen molar-refractivity contribution in [2.24, 2.45) is 5.92 Å². The van der Waals surface area contributed by atoms with E-state index in [-0.39, 0.29) is 24.5 Å². The second-order valence-electron chi connectivity index (χ2n) is 9.02. The topological polar surface area (TPSA) is 118 Å². The van der Waals surface area contributed by atoms with Crippen molar-refractivity contribution in [3.8, 4) is 17.2 Å². The SMILES string of the molecule is COc1cc(C(=O)OC(CCO)CCn2cc3c(Cl)cc(C(=O)OCC(C)C)cc3n2)cc(OC)c1OC. The van der Waals surface area contributed by atoms with Crippen LogP contribution in [-0.4, -0.2) is 67.5 Å². The molecule has 3 rings (SSSR count). The number of fused-ring (bicyclic) bond motifs is 1. The molecule has 0 saturated carbocycles. The van der Waals surface area contributed by atoms with Crippen LogP contribution < -0.4 is 14.2 Å². The molecule has 0 radical (unpaired) electrons. The van der Waals surface area contributed by atoms with Gasteiger partial charge in [-0.15, -0.1) is 0 Å². The number of halogens is 1. The molecule has 0 bridgehead atoms. The third-order valence-corrected chi connectivity index (χ3v) is 6.02. The number of methoxy groups -OCH3 is 3. The van der Waals surface area contributed by atoms with E-state index in [1.54, 1.807) is 23.0 Å². The minimum Gasteiger partial charge on any atom is -0.493 e. The van der Waals surface area contributed by atoms with Crippen LogP contribution in [0.5, 0.6) is 17.2 Å². The molecule has 11 heteroatoms. The number of hydrogen-bond donors (Lipinski definition) is 1. The van der Waals surface area contributed by atoms with Crippen LogP contribution in [0.4, 0.5) is 0 Å². The monoisotopic (exact) mass is 548 g/mol. The van der Waals surface area contributed by atoms with Crippen molar-refractivity contribution in [1.29, 1.82) is 0 Å². The summed E-state index contributed by atoms with van der Waals surface area (Å²) in [5.41, 5.74) is 1.09. The molecule has 0 saturated heterocycles. The number of carbonyl (C=O) groups excluding carboxylic acids is 2. The second-order valence-corrected chi connectivity index (χ2v) is 9.42. The predicted molar refractivity (Wildman–Crippen MR) is 141 cm³/mol. The van der Waals surface area contributed by atoms with E-state index in [2.05, 4.69) is 5.10 Å². The van der Waals surface area contributed by atoms with Gasteiger partial charge in [-0.3, -0.25) is 4.68 Å². The maximum absolute atomic E-state index is 12.9. The summed E-state index contributed by atoms with van der Waals surface area (Å²) in [5, 5.41) is 15.1. The molecule has 0 aliphatic rings. The molecule has 206 valence electrons. The quantitative estimate of drug-likeness (QED) is 0.307. The summed E-state index contributed by atoms with van der Waals surface area (Å²) in [6, 6.07) is 6.21. The van der Waals surface area contributed by atoms with Gasteiger partial charge in [-0.05, 0) is 30.2 Å². The Morgan fingerprint density at radius 1 is 0.974 bits per heavy atom. The number of aryl methyl sites for hydroxylation is 1. The molecular weight excluding hydrogens is 516 g/mol. The zero-order valence-corrected chi connectivity index (χ0v) is 22.9. The molecule has 1 heterocycles. The minimum atomic E-state index is -0.596. The minimum absolute atomic E-state index is 0.165. The number of rotatable bonds is 13. The van der Waals surface area contributed by atoms with Gasteiger partial charge in [0.2, 0.25) is 5.75 Å².